The fraction of sp³-hybridized carbons (Fsp3) is 0. The third kappa shape index (κ3) is 4.73. The highest BCUT2D eigenvalue weighted by Crippen LogP contribution is 2.37. The molecule has 1 aliphatic heterocycles. The molecule has 0 unspecified atom stereocenters. The predicted octanol–water partition coefficient (Wildman–Crippen LogP) is 8.94. The Labute approximate surface area is 258 Å². The first-order valence-corrected chi connectivity index (χ1v) is 15.9. The normalized spacial score (nSPS) is 12.2. The van der Waals surface area contributed by atoms with Gasteiger partial charge in [0.15, 0.2) is 0 Å². The Hall–Kier alpha value is -5.70. The van der Waals surface area contributed by atoms with Crippen molar-refractivity contribution in [3.8, 4) is 33.4 Å². The van der Waals surface area contributed by atoms with Crippen molar-refractivity contribution >= 4 is 55.4 Å². The van der Waals surface area contributed by atoms with Crippen LogP contribution < -0.4 is 0 Å². The molecular weight excluding hydrogens is 580 g/mol. The number of fused-ring (bicyclic) bond motifs is 9. The van der Waals surface area contributed by atoms with Gasteiger partial charge in [0.05, 0.1) is 22.4 Å². The summed E-state index contributed by atoms with van der Waals surface area (Å²) in [5, 5.41) is 0. The molecule has 7 nitrogen and oxygen atoms in total. The molecule has 8 rings (SSSR count). The lowest BCUT2D eigenvalue weighted by Crippen LogP contribution is -1.97. The van der Waals surface area contributed by atoms with Crippen molar-refractivity contribution in [1.29, 1.82) is 0 Å². The fourth-order valence-electron chi connectivity index (χ4n) is 6.15. The largest absolute Gasteiger partial charge is 0.354 e. The maximum Gasteiger partial charge on any atom is 0.296 e. The van der Waals surface area contributed by atoms with E-state index in [-0.39, 0.29) is 10.4 Å². The van der Waals surface area contributed by atoms with Crippen LogP contribution in [0.15, 0.2) is 126 Å². The van der Waals surface area contributed by atoms with E-state index in [0.717, 1.165) is 55.4 Å². The van der Waals surface area contributed by atoms with Crippen molar-refractivity contribution in [1.82, 2.24) is 19.9 Å². The molecule has 0 radical (unpaired) electrons. The van der Waals surface area contributed by atoms with Crippen LogP contribution in [0.1, 0.15) is 11.4 Å². The summed E-state index contributed by atoms with van der Waals surface area (Å²) < 4.78 is 35.9. The smallest absolute Gasteiger partial charge is 0.296 e. The van der Waals surface area contributed by atoms with Crippen LogP contribution in [0.5, 0.6) is 0 Å². The Kier molecular flexibility index (Phi) is 6.26. The van der Waals surface area contributed by atoms with Crippen LogP contribution in [0.2, 0.25) is 0 Å². The van der Waals surface area contributed by atoms with Crippen LogP contribution in [0.3, 0.4) is 0 Å². The second kappa shape index (κ2) is 10.5. The van der Waals surface area contributed by atoms with Gasteiger partial charge in [-0.3, -0.25) is 4.55 Å². The fourth-order valence-corrected chi connectivity index (χ4v) is 6.83. The Morgan fingerprint density at radius 1 is 0.489 bits per heavy atom. The van der Waals surface area contributed by atoms with Crippen molar-refractivity contribution in [2.24, 2.45) is 0 Å². The van der Waals surface area contributed by atoms with Gasteiger partial charge in [0.25, 0.3) is 10.1 Å². The molecule has 218 valence electrons. The number of aromatic nitrogens is 4. The number of benzene rings is 3. The summed E-state index contributed by atoms with van der Waals surface area (Å²) in [6.45, 7) is 0. The van der Waals surface area contributed by atoms with Gasteiger partial charge in [-0.25, -0.2) is 4.98 Å². The zero-order valence-electron chi connectivity index (χ0n) is 23.8. The summed E-state index contributed by atoms with van der Waals surface area (Å²) in [5.74, 6) is 0. The van der Waals surface area contributed by atoms with Crippen molar-refractivity contribution in [3.63, 3.8) is 0 Å². The number of rotatable bonds is 4. The average molecular weight is 607 g/mol. The van der Waals surface area contributed by atoms with Crippen molar-refractivity contribution in [2.45, 2.75) is 4.90 Å². The minimum Gasteiger partial charge on any atom is -0.354 e. The summed E-state index contributed by atoms with van der Waals surface area (Å²) in [4.78, 5) is 15.3. The lowest BCUT2D eigenvalue weighted by molar-refractivity contribution is 0.484. The van der Waals surface area contributed by atoms with E-state index in [0.29, 0.717) is 16.9 Å². The molecule has 0 spiro atoms. The number of nitrogens with one attached hydrogen (secondary N) is 3. The number of hydrogen-bond acceptors (Lipinski definition) is 3. The molecule has 0 aliphatic carbocycles. The molecule has 4 N–H and O–H groups in total. The van der Waals surface area contributed by atoms with Crippen LogP contribution in [0, 0.1) is 0 Å². The van der Waals surface area contributed by atoms with Crippen LogP contribution >= 0.6 is 0 Å². The molecule has 5 heterocycles. The number of H-pyrrole nitrogens is 3. The Bertz CT molecular complexity index is 2490. The molecule has 0 amide bonds. The summed E-state index contributed by atoms with van der Waals surface area (Å²) in [6, 6.07) is 39.5. The second-order valence-electron chi connectivity index (χ2n) is 10.9. The number of nitrogens with zero attached hydrogens (tertiary/aromatic N) is 1. The van der Waals surface area contributed by atoms with Gasteiger partial charge in [-0.15, -0.1) is 0 Å². The highest BCUT2D eigenvalue weighted by atomic mass is 32.2. The Balaban J connectivity index is 1.62. The molecule has 0 saturated carbocycles. The minimum atomic E-state index is -4.61. The Morgan fingerprint density at radius 3 is 1.40 bits per heavy atom. The minimum absolute atomic E-state index is 0.213. The second-order valence-corrected chi connectivity index (χ2v) is 12.3. The van der Waals surface area contributed by atoms with E-state index in [1.165, 1.54) is 6.07 Å². The lowest BCUT2D eigenvalue weighted by Gasteiger charge is -2.05. The number of aromatic amines is 3. The number of hydrogen-bond donors (Lipinski definition) is 4. The maximum absolute atomic E-state index is 12.8. The zero-order valence-corrected chi connectivity index (χ0v) is 24.6. The predicted molar refractivity (Wildman–Crippen MR) is 181 cm³/mol. The first kappa shape index (κ1) is 26.9. The topological polar surface area (TPSA) is 115 Å². The van der Waals surface area contributed by atoms with Gasteiger partial charge in [0.2, 0.25) is 0 Å². The van der Waals surface area contributed by atoms with Gasteiger partial charge in [-0.1, -0.05) is 91.0 Å². The van der Waals surface area contributed by atoms with E-state index in [2.05, 4.69) is 33.2 Å². The van der Waals surface area contributed by atoms with Gasteiger partial charge in [-0.2, -0.15) is 8.42 Å². The van der Waals surface area contributed by atoms with Crippen molar-refractivity contribution < 1.29 is 13.0 Å². The lowest BCUT2D eigenvalue weighted by atomic mass is 10.0. The van der Waals surface area contributed by atoms with Crippen molar-refractivity contribution in [2.75, 3.05) is 0 Å². The molecule has 0 fully saturated rings. The highest BCUT2D eigenvalue weighted by molar-refractivity contribution is 7.86. The average Bonchev–Trinajstić information content (AvgIpc) is 3.87. The highest BCUT2D eigenvalue weighted by Gasteiger charge is 2.21. The van der Waals surface area contributed by atoms with Gasteiger partial charge in [0, 0.05) is 38.8 Å². The van der Waals surface area contributed by atoms with Crippen LogP contribution in [0.4, 0.5) is 0 Å². The molecule has 3 aromatic carbocycles. The summed E-state index contributed by atoms with van der Waals surface area (Å²) in [7, 11) is -4.61. The first-order chi connectivity index (χ1) is 21.9. The van der Waals surface area contributed by atoms with Gasteiger partial charge < -0.3 is 15.0 Å². The van der Waals surface area contributed by atoms with Gasteiger partial charge >= 0.3 is 0 Å². The van der Waals surface area contributed by atoms with E-state index in [4.69, 9.17) is 4.98 Å². The van der Waals surface area contributed by atoms with Crippen molar-refractivity contribution in [3.05, 3.63) is 133 Å². The first-order valence-electron chi connectivity index (χ1n) is 14.5. The quantitative estimate of drug-likeness (QED) is 0.150. The third-order valence-corrected chi connectivity index (χ3v) is 9.00. The van der Waals surface area contributed by atoms with E-state index in [1.807, 2.05) is 103 Å². The molecular formula is C37H26N4O3S. The molecule has 0 atom stereocenters. The zero-order chi connectivity index (χ0) is 30.5. The molecule has 0 saturated heterocycles. The van der Waals surface area contributed by atoms with E-state index in [1.54, 1.807) is 6.08 Å². The standard InChI is InChI=1S/C37H26N4O3S/c42-45(43,44)33-22-32-36(25-14-8-3-9-15-25)30-19-18-27(39-30)34(23-10-4-1-5-11-23)26-16-17-28(38-26)35(24-12-6-2-7-13-24)29-20-21-31(40-29)37(33)41-32/h1-22,38-39,41H,(H,42,43,44). The maximum atomic E-state index is 12.8. The van der Waals surface area contributed by atoms with E-state index >= 15 is 0 Å². The van der Waals surface area contributed by atoms with Crippen LogP contribution in [0.25, 0.3) is 78.6 Å². The van der Waals surface area contributed by atoms with Gasteiger partial charge in [0.1, 0.15) is 4.90 Å². The van der Waals surface area contributed by atoms with Crippen LogP contribution in [-0.4, -0.2) is 32.9 Å². The summed E-state index contributed by atoms with van der Waals surface area (Å²) >= 11 is 0. The molecule has 8 bridgehead atoms. The van der Waals surface area contributed by atoms with Gasteiger partial charge in [-0.05, 0) is 59.2 Å². The SMILES string of the molecule is O=S(=O)(O)c1cc2[nH]c1c1nc(c(-c3ccccc3)c3ccc([nH]3)c(-c3ccccc3)c3ccc([nH]3)c2-c2ccccc2)C=C1. The molecule has 4 aromatic heterocycles. The molecule has 8 heteroatoms. The molecule has 45 heavy (non-hydrogen) atoms. The Morgan fingerprint density at radius 2 is 0.911 bits per heavy atom. The summed E-state index contributed by atoms with van der Waals surface area (Å²) in [6.07, 6.45) is 3.65. The van der Waals surface area contributed by atoms with E-state index in [9.17, 15) is 13.0 Å². The summed E-state index contributed by atoms with van der Waals surface area (Å²) in [5.41, 5.74) is 10.6. The van der Waals surface area contributed by atoms with E-state index < -0.39 is 10.1 Å². The molecule has 7 aromatic rings. The monoisotopic (exact) mass is 606 g/mol. The van der Waals surface area contributed by atoms with Crippen LogP contribution in [-0.2, 0) is 10.1 Å². The molecule has 1 aliphatic rings. The third-order valence-electron chi connectivity index (χ3n) is 8.12.